The van der Waals surface area contributed by atoms with Gasteiger partial charge in [0.1, 0.15) is 28.7 Å². The number of ether oxygens (including phenoxy) is 1. The number of nitrogens with zero attached hydrogens (tertiary/aromatic N) is 5. The molecule has 3 heterocycles. The summed E-state index contributed by atoms with van der Waals surface area (Å²) in [6.07, 6.45) is 0. The van der Waals surface area contributed by atoms with Gasteiger partial charge in [0.2, 0.25) is 0 Å². The molecule has 0 fully saturated rings. The second-order valence-electron chi connectivity index (χ2n) is 8.41. The van der Waals surface area contributed by atoms with Crippen LogP contribution in [-0.2, 0) is 0 Å². The molecule has 0 saturated heterocycles. The third-order valence-corrected chi connectivity index (χ3v) is 5.71. The van der Waals surface area contributed by atoms with Crippen molar-refractivity contribution in [2.75, 3.05) is 12.4 Å². The Bertz CT molecular complexity index is 1500. The molecule has 5 aromatic rings. The third-order valence-electron chi connectivity index (χ3n) is 5.71. The Morgan fingerprint density at radius 2 is 1.65 bits per heavy atom. The zero-order valence-electron chi connectivity index (χ0n) is 19.9. The molecule has 2 aromatic carbocycles. The Balaban J connectivity index is 1.57. The number of hydrogen-bond acceptors (Lipinski definition) is 6. The van der Waals surface area contributed by atoms with Crippen molar-refractivity contribution < 1.29 is 4.74 Å². The first kappa shape index (κ1) is 21.6. The first-order valence-electron chi connectivity index (χ1n) is 11.1. The van der Waals surface area contributed by atoms with Crippen LogP contribution < -0.4 is 10.1 Å². The summed E-state index contributed by atoms with van der Waals surface area (Å²) in [7, 11) is 1.66. The Morgan fingerprint density at radius 3 is 2.41 bits per heavy atom. The van der Waals surface area contributed by atoms with Crippen LogP contribution in [0, 0.1) is 27.7 Å². The minimum Gasteiger partial charge on any atom is -0.494 e. The van der Waals surface area contributed by atoms with Crippen molar-refractivity contribution in [1.29, 1.82) is 0 Å². The molecular weight excluding hydrogens is 424 g/mol. The van der Waals surface area contributed by atoms with Crippen LogP contribution in [0.4, 0.5) is 11.6 Å². The van der Waals surface area contributed by atoms with Crippen molar-refractivity contribution in [3.8, 4) is 22.8 Å². The van der Waals surface area contributed by atoms with E-state index in [0.29, 0.717) is 17.5 Å². The predicted octanol–water partition coefficient (Wildman–Crippen LogP) is 5.86. The lowest BCUT2D eigenvalue weighted by Gasteiger charge is -2.13. The number of pyridine rings is 1. The molecule has 1 N–H and O–H groups in total. The van der Waals surface area contributed by atoms with Crippen molar-refractivity contribution in [2.45, 2.75) is 27.7 Å². The smallest absolute Gasteiger partial charge is 0.156 e. The molecule has 0 atom stereocenters. The van der Waals surface area contributed by atoms with Crippen LogP contribution in [0.1, 0.15) is 22.6 Å². The summed E-state index contributed by atoms with van der Waals surface area (Å²) in [5, 5.41) is 9.18. The fraction of sp³-hybridized carbons (Fsp3) is 0.185. The van der Waals surface area contributed by atoms with Crippen molar-refractivity contribution in [2.24, 2.45) is 0 Å². The van der Waals surface area contributed by atoms with Gasteiger partial charge in [0, 0.05) is 23.1 Å². The Hall–Kier alpha value is -4.26. The molecule has 0 aliphatic heterocycles. The number of methoxy groups -OCH3 is 1. The summed E-state index contributed by atoms with van der Waals surface area (Å²) in [6.45, 7) is 7.99. The van der Waals surface area contributed by atoms with E-state index in [1.807, 2.05) is 50.2 Å². The maximum Gasteiger partial charge on any atom is 0.156 e. The molecule has 3 aromatic heterocycles. The van der Waals surface area contributed by atoms with Crippen molar-refractivity contribution in [1.82, 2.24) is 24.7 Å². The number of para-hydroxylation sites is 1. The van der Waals surface area contributed by atoms with Gasteiger partial charge in [-0.15, -0.1) is 0 Å². The summed E-state index contributed by atoms with van der Waals surface area (Å²) in [5.41, 5.74) is 5.88. The second kappa shape index (κ2) is 8.59. The van der Waals surface area contributed by atoms with Gasteiger partial charge in [0.15, 0.2) is 5.82 Å². The summed E-state index contributed by atoms with van der Waals surface area (Å²) in [5.74, 6) is 3.59. The molecular formula is C27H26N6O. The Kier molecular flexibility index (Phi) is 5.45. The molecule has 7 heteroatoms. The van der Waals surface area contributed by atoms with E-state index in [0.717, 1.165) is 45.0 Å². The van der Waals surface area contributed by atoms with E-state index >= 15 is 0 Å². The molecule has 5 rings (SSSR count). The molecule has 0 unspecified atom stereocenters. The van der Waals surface area contributed by atoms with Gasteiger partial charge in [0.25, 0.3) is 0 Å². The van der Waals surface area contributed by atoms with Gasteiger partial charge in [-0.05, 0) is 45.4 Å². The lowest BCUT2D eigenvalue weighted by atomic mass is 10.1. The molecule has 34 heavy (non-hydrogen) atoms. The molecule has 7 nitrogen and oxygen atoms in total. The lowest BCUT2D eigenvalue weighted by Crippen LogP contribution is -2.07. The van der Waals surface area contributed by atoms with E-state index < -0.39 is 0 Å². The number of rotatable bonds is 5. The summed E-state index contributed by atoms with van der Waals surface area (Å²) >= 11 is 0. The van der Waals surface area contributed by atoms with Gasteiger partial charge in [-0.3, -0.25) is 0 Å². The van der Waals surface area contributed by atoms with Crippen LogP contribution in [-0.4, -0.2) is 31.8 Å². The first-order chi connectivity index (χ1) is 16.4. The highest BCUT2D eigenvalue weighted by molar-refractivity contribution is 5.88. The standard InChI is InChI=1S/C27H26N6O/c1-16-9-11-20(12-10-16)22-15-24(29-19(4)28-22)30-26-14-18(3)32-33(26)25-13-17(2)21-7-6-8-23(34-5)27(21)31-25/h6-15H,1-5H3,(H,28,29,30). The normalized spacial score (nSPS) is 11.1. The lowest BCUT2D eigenvalue weighted by molar-refractivity contribution is 0.419. The minimum absolute atomic E-state index is 0.688. The van der Waals surface area contributed by atoms with Gasteiger partial charge in [-0.1, -0.05) is 42.0 Å². The number of nitrogens with one attached hydrogen (secondary N) is 1. The zero-order valence-corrected chi connectivity index (χ0v) is 19.9. The van der Waals surface area contributed by atoms with Crippen LogP contribution in [0.3, 0.4) is 0 Å². The SMILES string of the molecule is COc1cccc2c(C)cc(-n3nc(C)cc3Nc3cc(-c4ccc(C)cc4)nc(C)n3)nc12. The van der Waals surface area contributed by atoms with Crippen LogP contribution >= 0.6 is 0 Å². The van der Waals surface area contributed by atoms with E-state index in [1.54, 1.807) is 11.8 Å². The molecule has 0 amide bonds. The van der Waals surface area contributed by atoms with Crippen molar-refractivity contribution >= 4 is 22.5 Å². The zero-order chi connectivity index (χ0) is 23.8. The minimum atomic E-state index is 0.688. The second-order valence-corrected chi connectivity index (χ2v) is 8.41. The average Bonchev–Trinajstić information content (AvgIpc) is 3.18. The number of aromatic nitrogens is 5. The molecule has 170 valence electrons. The number of benzene rings is 2. The molecule has 0 aliphatic rings. The molecule has 0 radical (unpaired) electrons. The van der Waals surface area contributed by atoms with E-state index in [1.165, 1.54) is 5.56 Å². The fourth-order valence-corrected chi connectivity index (χ4v) is 4.05. The highest BCUT2D eigenvalue weighted by Gasteiger charge is 2.14. The first-order valence-corrected chi connectivity index (χ1v) is 11.1. The quantitative estimate of drug-likeness (QED) is 0.361. The van der Waals surface area contributed by atoms with Gasteiger partial charge in [-0.2, -0.15) is 9.78 Å². The molecule has 0 bridgehead atoms. The maximum atomic E-state index is 5.56. The van der Waals surface area contributed by atoms with Crippen LogP contribution in [0.15, 0.2) is 60.7 Å². The number of fused-ring (bicyclic) bond motifs is 1. The fourth-order valence-electron chi connectivity index (χ4n) is 4.05. The average molecular weight is 451 g/mol. The summed E-state index contributed by atoms with van der Waals surface area (Å²) < 4.78 is 7.36. The predicted molar refractivity (Wildman–Crippen MR) is 135 cm³/mol. The van der Waals surface area contributed by atoms with E-state index in [-0.39, 0.29) is 0 Å². The van der Waals surface area contributed by atoms with Crippen LogP contribution in [0.5, 0.6) is 5.75 Å². The van der Waals surface area contributed by atoms with Crippen molar-refractivity contribution in [3.63, 3.8) is 0 Å². The Labute approximate surface area is 198 Å². The van der Waals surface area contributed by atoms with E-state index in [9.17, 15) is 0 Å². The Morgan fingerprint density at radius 1 is 0.853 bits per heavy atom. The van der Waals surface area contributed by atoms with E-state index in [4.69, 9.17) is 14.8 Å². The van der Waals surface area contributed by atoms with Gasteiger partial charge in [-0.25, -0.2) is 15.0 Å². The molecule has 0 aliphatic carbocycles. The number of hydrogen-bond donors (Lipinski definition) is 1. The number of anilines is 2. The highest BCUT2D eigenvalue weighted by Crippen LogP contribution is 2.29. The molecule has 0 saturated carbocycles. The monoisotopic (exact) mass is 450 g/mol. The third kappa shape index (κ3) is 4.08. The topological polar surface area (TPSA) is 77.8 Å². The number of aryl methyl sites for hydroxylation is 4. The van der Waals surface area contributed by atoms with Gasteiger partial charge in [0.05, 0.1) is 18.5 Å². The van der Waals surface area contributed by atoms with Gasteiger partial charge < -0.3 is 10.1 Å². The van der Waals surface area contributed by atoms with Gasteiger partial charge >= 0.3 is 0 Å². The van der Waals surface area contributed by atoms with Crippen LogP contribution in [0.25, 0.3) is 28.0 Å². The largest absolute Gasteiger partial charge is 0.494 e. The van der Waals surface area contributed by atoms with Crippen molar-refractivity contribution in [3.05, 3.63) is 83.3 Å². The van der Waals surface area contributed by atoms with E-state index in [2.05, 4.69) is 53.4 Å². The van der Waals surface area contributed by atoms with Crippen LogP contribution in [0.2, 0.25) is 0 Å². The summed E-state index contributed by atoms with van der Waals surface area (Å²) in [6, 6.07) is 20.2. The summed E-state index contributed by atoms with van der Waals surface area (Å²) in [4.78, 5) is 14.1. The highest BCUT2D eigenvalue weighted by atomic mass is 16.5. The maximum absolute atomic E-state index is 5.56. The molecule has 0 spiro atoms.